The van der Waals surface area contributed by atoms with Crippen LogP contribution >= 0.6 is 0 Å². The van der Waals surface area contributed by atoms with E-state index in [0.717, 1.165) is 17.5 Å². The lowest BCUT2D eigenvalue weighted by Crippen LogP contribution is -2.21. The van der Waals surface area contributed by atoms with Gasteiger partial charge in [0.1, 0.15) is 6.61 Å². The number of hydrogen-bond acceptors (Lipinski definition) is 3. The molecule has 1 N–H and O–H groups in total. The molecule has 0 unspecified atom stereocenters. The van der Waals surface area contributed by atoms with Crippen molar-refractivity contribution in [2.24, 2.45) is 11.8 Å². The summed E-state index contributed by atoms with van der Waals surface area (Å²) >= 11 is 0. The highest BCUT2D eigenvalue weighted by atomic mass is 16.5. The van der Waals surface area contributed by atoms with Gasteiger partial charge >= 0.3 is 11.9 Å². The molecule has 1 aliphatic carbocycles. The highest BCUT2D eigenvalue weighted by Gasteiger charge is 2.29. The fraction of sp³-hybridized carbons (Fsp3) is 0.391. The molecule has 0 aliphatic heterocycles. The lowest BCUT2D eigenvalue weighted by atomic mass is 9.95. The molecule has 1 atom stereocenters. The first kappa shape index (κ1) is 19.2. The molecule has 2 aromatic carbocycles. The van der Waals surface area contributed by atoms with E-state index in [1.807, 2.05) is 38.1 Å². The maximum absolute atomic E-state index is 12.3. The van der Waals surface area contributed by atoms with Crippen LogP contribution in [0.25, 0.3) is 11.1 Å². The van der Waals surface area contributed by atoms with Crippen molar-refractivity contribution in [3.8, 4) is 11.1 Å². The first-order valence-electron chi connectivity index (χ1n) is 9.54. The predicted octanol–water partition coefficient (Wildman–Crippen LogP) is 4.87. The number of hydrogen-bond donors (Lipinski definition) is 1. The van der Waals surface area contributed by atoms with Crippen molar-refractivity contribution in [1.82, 2.24) is 0 Å². The molecular weight excluding hydrogens is 340 g/mol. The third kappa shape index (κ3) is 4.38. The zero-order chi connectivity index (χ0) is 19.4. The Labute approximate surface area is 160 Å². The zero-order valence-corrected chi connectivity index (χ0v) is 15.9. The summed E-state index contributed by atoms with van der Waals surface area (Å²) in [6.45, 7) is 4.34. The Morgan fingerprint density at radius 2 is 1.52 bits per heavy atom. The standard InChI is InChI=1S/C23H26O4/c1-15(2)11-12-16(23(25)26)13-22(24)27-14-21-19-9-5-3-7-17(19)18-8-4-6-10-20(18)21/h3-10,15-16,21H,11-14H2,1-2H3,(H,25,26)/t16-/m0/s1. The van der Waals surface area contributed by atoms with Crippen molar-refractivity contribution in [3.05, 3.63) is 59.7 Å². The van der Waals surface area contributed by atoms with Gasteiger partial charge in [-0.15, -0.1) is 0 Å². The smallest absolute Gasteiger partial charge is 0.307 e. The van der Waals surface area contributed by atoms with Gasteiger partial charge in [0.05, 0.1) is 12.3 Å². The second-order valence-corrected chi connectivity index (χ2v) is 7.62. The molecule has 0 radical (unpaired) electrons. The summed E-state index contributed by atoms with van der Waals surface area (Å²) in [5.74, 6) is -1.63. The van der Waals surface area contributed by atoms with Crippen molar-refractivity contribution >= 4 is 11.9 Å². The van der Waals surface area contributed by atoms with Gasteiger partial charge in [0.25, 0.3) is 0 Å². The van der Waals surface area contributed by atoms with E-state index in [1.165, 1.54) is 11.1 Å². The maximum atomic E-state index is 12.3. The second kappa shape index (κ2) is 8.38. The number of rotatable bonds is 8. The van der Waals surface area contributed by atoms with E-state index in [9.17, 15) is 14.7 Å². The number of carboxylic acids is 1. The Morgan fingerprint density at radius 1 is 0.963 bits per heavy atom. The Morgan fingerprint density at radius 3 is 2.04 bits per heavy atom. The summed E-state index contributed by atoms with van der Waals surface area (Å²) in [6, 6.07) is 16.3. The predicted molar refractivity (Wildman–Crippen MR) is 104 cm³/mol. The van der Waals surface area contributed by atoms with Crippen LogP contribution in [-0.4, -0.2) is 23.7 Å². The maximum Gasteiger partial charge on any atom is 0.307 e. The molecule has 0 amide bonds. The molecule has 0 saturated carbocycles. The van der Waals surface area contributed by atoms with Gasteiger partial charge in [0, 0.05) is 5.92 Å². The van der Waals surface area contributed by atoms with Crippen LogP contribution in [0.3, 0.4) is 0 Å². The molecule has 4 heteroatoms. The molecule has 4 nitrogen and oxygen atoms in total. The highest BCUT2D eigenvalue weighted by Crippen LogP contribution is 2.44. The van der Waals surface area contributed by atoms with Crippen LogP contribution in [0, 0.1) is 11.8 Å². The SMILES string of the molecule is CC(C)CC[C@@H](CC(=O)OCC1c2ccccc2-c2ccccc21)C(=O)O. The minimum absolute atomic E-state index is 0.000270. The van der Waals surface area contributed by atoms with Gasteiger partial charge in [-0.25, -0.2) is 0 Å². The first-order chi connectivity index (χ1) is 13.0. The lowest BCUT2D eigenvalue weighted by molar-refractivity contribution is -0.152. The number of carbonyl (C=O) groups excluding carboxylic acids is 1. The number of aliphatic carboxylic acids is 1. The summed E-state index contributed by atoms with van der Waals surface area (Å²) in [4.78, 5) is 23.7. The second-order valence-electron chi connectivity index (χ2n) is 7.62. The fourth-order valence-corrected chi connectivity index (χ4v) is 3.72. The van der Waals surface area contributed by atoms with Gasteiger partial charge in [-0.1, -0.05) is 68.8 Å². The van der Waals surface area contributed by atoms with E-state index in [0.29, 0.717) is 12.3 Å². The molecule has 0 fully saturated rings. The molecule has 0 heterocycles. The van der Waals surface area contributed by atoms with Gasteiger partial charge < -0.3 is 9.84 Å². The molecule has 2 aromatic rings. The monoisotopic (exact) mass is 366 g/mol. The van der Waals surface area contributed by atoms with Crippen LogP contribution in [0.2, 0.25) is 0 Å². The number of esters is 1. The fourth-order valence-electron chi connectivity index (χ4n) is 3.72. The zero-order valence-electron chi connectivity index (χ0n) is 15.9. The Bertz CT molecular complexity index is 779. The Kier molecular flexibility index (Phi) is 5.94. The molecular formula is C23H26O4. The van der Waals surface area contributed by atoms with Crippen molar-refractivity contribution in [1.29, 1.82) is 0 Å². The van der Waals surface area contributed by atoms with E-state index in [4.69, 9.17) is 4.74 Å². The normalized spacial score (nSPS) is 13.9. The molecule has 0 bridgehead atoms. The average molecular weight is 366 g/mol. The van der Waals surface area contributed by atoms with Crippen molar-refractivity contribution in [2.45, 2.75) is 39.0 Å². The van der Waals surface area contributed by atoms with E-state index >= 15 is 0 Å². The highest BCUT2D eigenvalue weighted by molar-refractivity contribution is 5.80. The third-order valence-electron chi connectivity index (χ3n) is 5.23. The summed E-state index contributed by atoms with van der Waals surface area (Å²) < 4.78 is 5.52. The van der Waals surface area contributed by atoms with Crippen molar-refractivity contribution < 1.29 is 19.4 Å². The van der Waals surface area contributed by atoms with Crippen LogP contribution in [-0.2, 0) is 14.3 Å². The van der Waals surface area contributed by atoms with Gasteiger partial charge in [-0.05, 0) is 34.6 Å². The quantitative estimate of drug-likeness (QED) is 0.677. The molecule has 0 saturated heterocycles. The minimum Gasteiger partial charge on any atom is -0.481 e. The van der Waals surface area contributed by atoms with Gasteiger partial charge in [-0.3, -0.25) is 9.59 Å². The van der Waals surface area contributed by atoms with Crippen LogP contribution in [0.15, 0.2) is 48.5 Å². The van der Waals surface area contributed by atoms with Crippen molar-refractivity contribution in [2.75, 3.05) is 6.61 Å². The number of carbonyl (C=O) groups is 2. The summed E-state index contributed by atoms with van der Waals surface area (Å²) in [6.07, 6.45) is 1.21. The molecule has 142 valence electrons. The number of benzene rings is 2. The summed E-state index contributed by atoms with van der Waals surface area (Å²) in [7, 11) is 0. The number of fused-ring (bicyclic) bond motifs is 3. The van der Waals surface area contributed by atoms with Gasteiger partial charge in [-0.2, -0.15) is 0 Å². The average Bonchev–Trinajstić information content (AvgIpc) is 2.97. The van der Waals surface area contributed by atoms with Gasteiger partial charge in [0.2, 0.25) is 0 Å². The molecule has 1 aliphatic rings. The first-order valence-corrected chi connectivity index (χ1v) is 9.54. The van der Waals surface area contributed by atoms with E-state index in [2.05, 4.69) is 24.3 Å². The summed E-state index contributed by atoms with van der Waals surface area (Å²) in [5.41, 5.74) is 4.66. The largest absolute Gasteiger partial charge is 0.481 e. The molecule has 0 aromatic heterocycles. The molecule has 27 heavy (non-hydrogen) atoms. The number of carboxylic acid groups (broad SMARTS) is 1. The van der Waals surface area contributed by atoms with Crippen LogP contribution in [0.1, 0.15) is 50.2 Å². The van der Waals surface area contributed by atoms with E-state index < -0.39 is 17.9 Å². The molecule has 0 spiro atoms. The van der Waals surface area contributed by atoms with E-state index in [-0.39, 0.29) is 18.9 Å². The van der Waals surface area contributed by atoms with Crippen LogP contribution in [0.4, 0.5) is 0 Å². The lowest BCUT2D eigenvalue weighted by Gasteiger charge is -2.16. The number of ether oxygens (including phenoxy) is 1. The Balaban J connectivity index is 1.66. The van der Waals surface area contributed by atoms with Crippen LogP contribution in [0.5, 0.6) is 0 Å². The third-order valence-corrected chi connectivity index (χ3v) is 5.23. The minimum atomic E-state index is -0.927. The Hall–Kier alpha value is -2.62. The summed E-state index contributed by atoms with van der Waals surface area (Å²) in [5, 5.41) is 9.37. The molecule has 3 rings (SSSR count). The topological polar surface area (TPSA) is 63.6 Å². The van der Waals surface area contributed by atoms with E-state index in [1.54, 1.807) is 0 Å². The van der Waals surface area contributed by atoms with Crippen molar-refractivity contribution in [3.63, 3.8) is 0 Å². The van der Waals surface area contributed by atoms with Gasteiger partial charge in [0.15, 0.2) is 0 Å². The van der Waals surface area contributed by atoms with Crippen LogP contribution < -0.4 is 0 Å².